The van der Waals surface area contributed by atoms with Gasteiger partial charge in [0.1, 0.15) is 0 Å². The Morgan fingerprint density at radius 2 is 1.84 bits per heavy atom. The van der Waals surface area contributed by atoms with Crippen LogP contribution in [0.2, 0.25) is 0 Å². The van der Waals surface area contributed by atoms with Crippen molar-refractivity contribution in [3.63, 3.8) is 0 Å². The van der Waals surface area contributed by atoms with Crippen LogP contribution in [0.15, 0.2) is 24.3 Å². The largest absolute Gasteiger partial charge is 0.469 e. The zero-order valence-electron chi connectivity index (χ0n) is 15.1. The summed E-state index contributed by atoms with van der Waals surface area (Å²) in [5.41, 5.74) is 0.312. The van der Waals surface area contributed by atoms with E-state index in [-0.39, 0.29) is 24.1 Å². The molecule has 1 aromatic carbocycles. The van der Waals surface area contributed by atoms with Crippen LogP contribution in [0.3, 0.4) is 0 Å². The summed E-state index contributed by atoms with van der Waals surface area (Å²) in [7, 11) is 1.32. The predicted octanol–water partition coefficient (Wildman–Crippen LogP) is 3.43. The number of rotatable bonds is 10. The lowest BCUT2D eigenvalue weighted by molar-refractivity contribution is -0.384. The van der Waals surface area contributed by atoms with Crippen LogP contribution in [0.5, 0.6) is 0 Å². The molecule has 7 heteroatoms. The van der Waals surface area contributed by atoms with Crippen molar-refractivity contribution in [1.82, 2.24) is 4.90 Å². The molecule has 1 atom stereocenters. The SMILES string of the molecule is CCCCCCN(CC(C)C(=O)OC)C(=O)c1ccc([N+](=O)[O-])cc1. The highest BCUT2D eigenvalue weighted by atomic mass is 16.6. The van der Waals surface area contributed by atoms with Crippen molar-refractivity contribution in [2.24, 2.45) is 5.92 Å². The zero-order valence-corrected chi connectivity index (χ0v) is 15.1. The summed E-state index contributed by atoms with van der Waals surface area (Å²) in [4.78, 5) is 36.3. The quantitative estimate of drug-likeness (QED) is 0.279. The van der Waals surface area contributed by atoms with Crippen molar-refractivity contribution in [2.75, 3.05) is 20.2 Å². The van der Waals surface area contributed by atoms with E-state index >= 15 is 0 Å². The minimum atomic E-state index is -0.504. The van der Waals surface area contributed by atoms with Crippen LogP contribution in [0, 0.1) is 16.0 Å². The predicted molar refractivity (Wildman–Crippen MR) is 94.3 cm³/mol. The number of carbonyl (C=O) groups is 2. The highest BCUT2D eigenvalue weighted by Gasteiger charge is 2.22. The number of hydrogen-bond donors (Lipinski definition) is 0. The third-order valence-corrected chi connectivity index (χ3v) is 3.99. The highest BCUT2D eigenvalue weighted by Crippen LogP contribution is 2.15. The number of non-ortho nitro benzene ring substituents is 1. The fourth-order valence-electron chi connectivity index (χ4n) is 2.52. The molecule has 0 aliphatic rings. The van der Waals surface area contributed by atoms with E-state index in [1.165, 1.54) is 31.4 Å². The molecule has 1 aromatic rings. The molecule has 7 nitrogen and oxygen atoms in total. The lowest BCUT2D eigenvalue weighted by Crippen LogP contribution is -2.38. The summed E-state index contributed by atoms with van der Waals surface area (Å²) in [5.74, 6) is -1.03. The molecular weight excluding hydrogens is 324 g/mol. The van der Waals surface area contributed by atoms with E-state index in [2.05, 4.69) is 6.92 Å². The van der Waals surface area contributed by atoms with Gasteiger partial charge >= 0.3 is 5.97 Å². The molecule has 0 aliphatic carbocycles. The molecular formula is C18H26N2O5. The minimum absolute atomic E-state index is 0.0611. The van der Waals surface area contributed by atoms with Gasteiger partial charge in [-0.3, -0.25) is 19.7 Å². The van der Waals surface area contributed by atoms with Gasteiger partial charge < -0.3 is 9.64 Å². The summed E-state index contributed by atoms with van der Waals surface area (Å²) in [6, 6.07) is 5.52. The minimum Gasteiger partial charge on any atom is -0.469 e. The highest BCUT2D eigenvalue weighted by molar-refractivity contribution is 5.94. The van der Waals surface area contributed by atoms with Crippen LogP contribution >= 0.6 is 0 Å². The van der Waals surface area contributed by atoms with E-state index in [4.69, 9.17) is 4.74 Å². The average molecular weight is 350 g/mol. The lowest BCUT2D eigenvalue weighted by atomic mass is 10.1. The fourth-order valence-corrected chi connectivity index (χ4v) is 2.52. The van der Waals surface area contributed by atoms with E-state index < -0.39 is 10.8 Å². The van der Waals surface area contributed by atoms with E-state index in [0.717, 1.165) is 25.7 Å². The van der Waals surface area contributed by atoms with E-state index in [9.17, 15) is 19.7 Å². The van der Waals surface area contributed by atoms with Crippen molar-refractivity contribution in [2.45, 2.75) is 39.5 Å². The van der Waals surface area contributed by atoms with Crippen LogP contribution in [0.4, 0.5) is 5.69 Å². The van der Waals surface area contributed by atoms with Gasteiger partial charge in [0, 0.05) is 30.8 Å². The number of unbranched alkanes of at least 4 members (excludes halogenated alkanes) is 3. The Labute approximate surface area is 148 Å². The molecule has 0 bridgehead atoms. The number of hydrogen-bond acceptors (Lipinski definition) is 5. The van der Waals surface area contributed by atoms with Gasteiger partial charge in [-0.2, -0.15) is 0 Å². The molecule has 0 spiro atoms. The molecule has 1 unspecified atom stereocenters. The molecule has 0 aliphatic heterocycles. The molecule has 0 N–H and O–H groups in total. The summed E-state index contributed by atoms with van der Waals surface area (Å²) in [5, 5.41) is 10.7. The topological polar surface area (TPSA) is 89.8 Å². The average Bonchev–Trinajstić information content (AvgIpc) is 2.62. The normalized spacial score (nSPS) is 11.6. The molecule has 0 fully saturated rings. The van der Waals surface area contributed by atoms with Crippen LogP contribution in [-0.2, 0) is 9.53 Å². The maximum atomic E-state index is 12.7. The number of ether oxygens (including phenoxy) is 1. The monoisotopic (exact) mass is 350 g/mol. The number of nitro groups is 1. The number of methoxy groups -OCH3 is 1. The van der Waals surface area contributed by atoms with Gasteiger partial charge in [-0.15, -0.1) is 0 Å². The van der Waals surface area contributed by atoms with Crippen molar-refractivity contribution in [1.29, 1.82) is 0 Å². The Kier molecular flexibility index (Phi) is 8.60. The van der Waals surface area contributed by atoms with Gasteiger partial charge in [-0.25, -0.2) is 0 Å². The lowest BCUT2D eigenvalue weighted by Gasteiger charge is -2.25. The van der Waals surface area contributed by atoms with Gasteiger partial charge in [-0.1, -0.05) is 33.1 Å². The third kappa shape index (κ3) is 6.52. The Morgan fingerprint density at radius 3 is 2.36 bits per heavy atom. The first kappa shape index (κ1) is 20.6. The fraction of sp³-hybridized carbons (Fsp3) is 0.556. The number of carbonyl (C=O) groups excluding carboxylic acids is 2. The molecule has 0 saturated carbocycles. The molecule has 25 heavy (non-hydrogen) atoms. The zero-order chi connectivity index (χ0) is 18.8. The van der Waals surface area contributed by atoms with Crippen LogP contribution in [0.1, 0.15) is 49.9 Å². The number of amides is 1. The summed E-state index contributed by atoms with van der Waals surface area (Å²) >= 11 is 0. The number of esters is 1. The maximum Gasteiger partial charge on any atom is 0.310 e. The second-order valence-corrected chi connectivity index (χ2v) is 6.04. The molecule has 1 rings (SSSR count). The second-order valence-electron chi connectivity index (χ2n) is 6.04. The van der Waals surface area contributed by atoms with Gasteiger partial charge in [0.2, 0.25) is 0 Å². The van der Waals surface area contributed by atoms with Gasteiger partial charge in [-0.05, 0) is 18.6 Å². The number of benzene rings is 1. The summed E-state index contributed by atoms with van der Waals surface area (Å²) in [6.07, 6.45) is 4.04. The van der Waals surface area contributed by atoms with Crippen molar-refractivity contribution >= 4 is 17.6 Å². The smallest absolute Gasteiger partial charge is 0.310 e. The van der Waals surface area contributed by atoms with Gasteiger partial charge in [0.25, 0.3) is 11.6 Å². The standard InChI is InChI=1S/C18H26N2O5/c1-4-5-6-7-12-19(13-14(2)18(22)25-3)17(21)15-8-10-16(11-9-15)20(23)24/h8-11,14H,4-7,12-13H2,1-3H3. The number of nitro benzene ring substituents is 1. The molecule has 1 amide bonds. The summed E-state index contributed by atoms with van der Waals surface area (Å²) in [6.45, 7) is 4.62. The first-order valence-electron chi connectivity index (χ1n) is 8.52. The van der Waals surface area contributed by atoms with Crippen molar-refractivity contribution in [3.05, 3.63) is 39.9 Å². The van der Waals surface area contributed by atoms with Crippen LogP contribution < -0.4 is 0 Å². The van der Waals surface area contributed by atoms with Crippen molar-refractivity contribution in [3.8, 4) is 0 Å². The molecule has 0 aromatic heterocycles. The maximum absolute atomic E-state index is 12.7. The Balaban J connectivity index is 2.85. The number of nitrogens with zero attached hydrogens (tertiary/aromatic N) is 2. The van der Waals surface area contributed by atoms with Gasteiger partial charge in [0.05, 0.1) is 18.0 Å². The van der Waals surface area contributed by atoms with Crippen molar-refractivity contribution < 1.29 is 19.2 Å². The van der Waals surface area contributed by atoms with Crippen LogP contribution in [-0.4, -0.2) is 41.9 Å². The Morgan fingerprint density at radius 1 is 1.20 bits per heavy atom. The Hall–Kier alpha value is -2.44. The van der Waals surface area contributed by atoms with E-state index in [1.807, 2.05) is 0 Å². The van der Waals surface area contributed by atoms with Crippen LogP contribution in [0.25, 0.3) is 0 Å². The first-order valence-corrected chi connectivity index (χ1v) is 8.52. The summed E-state index contributed by atoms with van der Waals surface area (Å²) < 4.78 is 4.73. The molecule has 0 heterocycles. The third-order valence-electron chi connectivity index (χ3n) is 3.99. The Bertz CT molecular complexity index is 586. The second kappa shape index (κ2) is 10.4. The molecule has 138 valence electrons. The molecule has 0 saturated heterocycles. The van der Waals surface area contributed by atoms with Gasteiger partial charge in [0.15, 0.2) is 0 Å². The first-order chi connectivity index (χ1) is 11.9. The van der Waals surface area contributed by atoms with E-state index in [1.54, 1.807) is 11.8 Å². The molecule has 0 radical (unpaired) electrons. The van der Waals surface area contributed by atoms with E-state index in [0.29, 0.717) is 12.1 Å².